The van der Waals surface area contributed by atoms with Crippen LogP contribution in [0.15, 0.2) is 0 Å². The van der Waals surface area contributed by atoms with Crippen molar-refractivity contribution < 1.29 is 9.53 Å². The molecule has 0 fully saturated rings. The van der Waals surface area contributed by atoms with Crippen LogP contribution in [-0.4, -0.2) is 31.7 Å². The average Bonchev–Trinajstić information content (AvgIpc) is 2.12. The Kier molecular flexibility index (Phi) is 11.6. The van der Waals surface area contributed by atoms with E-state index in [1.165, 1.54) is 0 Å². The van der Waals surface area contributed by atoms with Gasteiger partial charge in [-0.25, -0.2) is 0 Å². The molecule has 0 saturated heterocycles. The lowest BCUT2D eigenvalue weighted by atomic mass is 10.0. The van der Waals surface area contributed by atoms with Crippen LogP contribution in [0, 0.1) is 5.92 Å². The third-order valence-electron chi connectivity index (χ3n) is 1.84. The summed E-state index contributed by atoms with van der Waals surface area (Å²) >= 11 is 0. The lowest BCUT2D eigenvalue weighted by molar-refractivity contribution is -0.126. The van der Waals surface area contributed by atoms with E-state index in [0.29, 0.717) is 19.1 Å². The third-order valence-corrected chi connectivity index (χ3v) is 1.84. The first-order chi connectivity index (χ1) is 6.60. The van der Waals surface area contributed by atoms with Crippen molar-refractivity contribution in [2.24, 2.45) is 11.7 Å². The van der Waals surface area contributed by atoms with Crippen molar-refractivity contribution in [1.82, 2.24) is 5.32 Å². The summed E-state index contributed by atoms with van der Waals surface area (Å²) in [5, 5.41) is 2.84. The third kappa shape index (κ3) is 9.97. The fourth-order valence-electron chi connectivity index (χ4n) is 1.25. The van der Waals surface area contributed by atoms with Crippen LogP contribution in [0.2, 0.25) is 0 Å². The Morgan fingerprint density at radius 2 is 2.07 bits per heavy atom. The number of carbonyl (C=O) groups is 1. The summed E-state index contributed by atoms with van der Waals surface area (Å²) < 4.78 is 4.99. The van der Waals surface area contributed by atoms with Gasteiger partial charge >= 0.3 is 0 Å². The number of amides is 1. The van der Waals surface area contributed by atoms with Gasteiger partial charge in [0.2, 0.25) is 5.91 Å². The minimum atomic E-state index is -0.0806. The Morgan fingerprint density at radius 1 is 1.47 bits per heavy atom. The second-order valence-corrected chi connectivity index (χ2v) is 3.77. The minimum absolute atomic E-state index is 0. The molecule has 92 valence electrons. The van der Waals surface area contributed by atoms with Gasteiger partial charge in [0.05, 0.1) is 0 Å². The molecular weight excluding hydrogens is 216 g/mol. The molecule has 0 aliphatic heterocycles. The van der Waals surface area contributed by atoms with Gasteiger partial charge in [-0.15, -0.1) is 12.4 Å². The lowest BCUT2D eigenvalue weighted by Crippen LogP contribution is -2.42. The number of nitrogens with one attached hydrogen (secondary N) is 1. The van der Waals surface area contributed by atoms with E-state index >= 15 is 0 Å². The van der Waals surface area contributed by atoms with Crippen LogP contribution in [0.1, 0.15) is 27.2 Å². The van der Waals surface area contributed by atoms with E-state index in [1.54, 1.807) is 0 Å². The van der Waals surface area contributed by atoms with Gasteiger partial charge in [0.1, 0.15) is 6.61 Å². The molecular formula is C10H23ClN2O2. The zero-order valence-corrected chi connectivity index (χ0v) is 10.6. The Balaban J connectivity index is 0. The summed E-state index contributed by atoms with van der Waals surface area (Å²) in [6, 6.07) is 0.0722. The van der Waals surface area contributed by atoms with E-state index < -0.39 is 0 Å². The first kappa shape index (κ1) is 17.1. The van der Waals surface area contributed by atoms with Gasteiger partial charge in [0, 0.05) is 19.2 Å². The summed E-state index contributed by atoms with van der Waals surface area (Å²) in [6.45, 7) is 7.25. The van der Waals surface area contributed by atoms with Gasteiger partial charge in [-0.3, -0.25) is 4.79 Å². The fraction of sp³-hybridized carbons (Fsp3) is 0.900. The van der Waals surface area contributed by atoms with E-state index in [2.05, 4.69) is 19.2 Å². The highest BCUT2D eigenvalue weighted by atomic mass is 35.5. The number of halogens is 1. The number of rotatable bonds is 7. The summed E-state index contributed by atoms with van der Waals surface area (Å²) in [6.07, 6.45) is 0.911. The van der Waals surface area contributed by atoms with Crippen molar-refractivity contribution in [3.63, 3.8) is 0 Å². The van der Waals surface area contributed by atoms with E-state index in [4.69, 9.17) is 10.5 Å². The Morgan fingerprint density at radius 3 is 2.47 bits per heavy atom. The number of nitrogens with two attached hydrogens (primary N) is 1. The van der Waals surface area contributed by atoms with Crippen LogP contribution in [0.4, 0.5) is 0 Å². The molecule has 0 saturated carbocycles. The van der Waals surface area contributed by atoms with Crippen LogP contribution in [0.3, 0.4) is 0 Å². The molecule has 0 spiro atoms. The molecule has 1 unspecified atom stereocenters. The van der Waals surface area contributed by atoms with Crippen molar-refractivity contribution in [1.29, 1.82) is 0 Å². The highest BCUT2D eigenvalue weighted by Gasteiger charge is 2.11. The summed E-state index contributed by atoms with van der Waals surface area (Å²) in [5.41, 5.74) is 5.54. The molecule has 1 amide bonds. The predicted molar refractivity (Wildman–Crippen MR) is 64.2 cm³/mol. The van der Waals surface area contributed by atoms with Gasteiger partial charge in [-0.2, -0.15) is 0 Å². The summed E-state index contributed by atoms with van der Waals surface area (Å²) in [7, 11) is 0. The molecule has 0 radical (unpaired) electrons. The Bertz CT molecular complexity index is 166. The molecule has 5 heteroatoms. The van der Waals surface area contributed by atoms with E-state index in [0.717, 1.165) is 6.42 Å². The molecule has 0 aromatic carbocycles. The molecule has 0 aliphatic carbocycles. The zero-order chi connectivity index (χ0) is 11.0. The van der Waals surface area contributed by atoms with Crippen molar-refractivity contribution in [2.45, 2.75) is 33.2 Å². The van der Waals surface area contributed by atoms with Gasteiger partial charge < -0.3 is 15.8 Å². The van der Waals surface area contributed by atoms with E-state index in [1.807, 2.05) is 6.92 Å². The molecule has 0 aromatic rings. The first-order valence-electron chi connectivity index (χ1n) is 5.17. The highest BCUT2D eigenvalue weighted by molar-refractivity contribution is 5.85. The molecule has 3 N–H and O–H groups in total. The predicted octanol–water partition coefficient (Wildman–Crippen LogP) is 0.934. The van der Waals surface area contributed by atoms with Crippen LogP contribution in [0.5, 0.6) is 0 Å². The van der Waals surface area contributed by atoms with Crippen molar-refractivity contribution in [3.05, 3.63) is 0 Å². The summed E-state index contributed by atoms with van der Waals surface area (Å²) in [5.74, 6) is 0.457. The number of hydrogen-bond acceptors (Lipinski definition) is 3. The highest BCUT2D eigenvalue weighted by Crippen LogP contribution is 2.03. The average molecular weight is 239 g/mol. The molecule has 4 nitrogen and oxygen atoms in total. The minimum Gasteiger partial charge on any atom is -0.372 e. The monoisotopic (exact) mass is 238 g/mol. The maximum atomic E-state index is 11.3. The maximum Gasteiger partial charge on any atom is 0.246 e. The molecule has 15 heavy (non-hydrogen) atoms. The Hall–Kier alpha value is -0.320. The largest absolute Gasteiger partial charge is 0.372 e. The van der Waals surface area contributed by atoms with E-state index in [9.17, 15) is 4.79 Å². The van der Waals surface area contributed by atoms with Gasteiger partial charge in [0.25, 0.3) is 0 Å². The van der Waals surface area contributed by atoms with Gasteiger partial charge in [-0.1, -0.05) is 13.8 Å². The first-order valence-corrected chi connectivity index (χ1v) is 5.17. The number of hydrogen-bond donors (Lipinski definition) is 2. The maximum absolute atomic E-state index is 11.3. The topological polar surface area (TPSA) is 64.3 Å². The molecule has 0 bridgehead atoms. The van der Waals surface area contributed by atoms with Crippen LogP contribution in [0.25, 0.3) is 0 Å². The van der Waals surface area contributed by atoms with Crippen LogP contribution < -0.4 is 11.1 Å². The molecule has 0 heterocycles. The SMILES string of the molecule is CCOCC(=O)NC(CN)CC(C)C.Cl. The van der Waals surface area contributed by atoms with Crippen LogP contribution >= 0.6 is 12.4 Å². The second kappa shape index (κ2) is 10.2. The van der Waals surface area contributed by atoms with Crippen molar-refractivity contribution in [2.75, 3.05) is 19.8 Å². The zero-order valence-electron chi connectivity index (χ0n) is 9.79. The van der Waals surface area contributed by atoms with E-state index in [-0.39, 0.29) is 31.0 Å². The molecule has 0 aliphatic rings. The summed E-state index contributed by atoms with van der Waals surface area (Å²) in [4.78, 5) is 11.3. The van der Waals surface area contributed by atoms with Crippen molar-refractivity contribution >= 4 is 18.3 Å². The molecule has 0 aromatic heterocycles. The quantitative estimate of drug-likeness (QED) is 0.694. The van der Waals surface area contributed by atoms with Gasteiger partial charge in [-0.05, 0) is 19.3 Å². The van der Waals surface area contributed by atoms with Crippen molar-refractivity contribution in [3.8, 4) is 0 Å². The number of carbonyl (C=O) groups excluding carboxylic acids is 1. The number of ether oxygens (including phenoxy) is 1. The molecule has 0 rings (SSSR count). The van der Waals surface area contributed by atoms with Crippen LogP contribution in [-0.2, 0) is 9.53 Å². The standard InChI is InChI=1S/C10H22N2O2.ClH/c1-4-14-7-10(13)12-9(6-11)5-8(2)3;/h8-9H,4-7,11H2,1-3H3,(H,12,13);1H. The van der Waals surface area contributed by atoms with Gasteiger partial charge in [0.15, 0.2) is 0 Å². The Labute approximate surface area is 98.3 Å². The molecule has 1 atom stereocenters. The smallest absolute Gasteiger partial charge is 0.246 e. The lowest BCUT2D eigenvalue weighted by Gasteiger charge is -2.18. The second-order valence-electron chi connectivity index (χ2n) is 3.77. The fourth-order valence-corrected chi connectivity index (χ4v) is 1.25. The normalized spacial score (nSPS) is 12.1.